The van der Waals surface area contributed by atoms with Crippen LogP contribution in [0.15, 0.2) is 65.7 Å². The van der Waals surface area contributed by atoms with Crippen LogP contribution in [-0.2, 0) is 13.6 Å². The second-order valence-electron chi connectivity index (χ2n) is 8.96. The lowest BCUT2D eigenvalue weighted by Gasteiger charge is -2.26. The van der Waals surface area contributed by atoms with Crippen LogP contribution in [0.1, 0.15) is 67.2 Å². The first-order valence-corrected chi connectivity index (χ1v) is 12.2. The predicted octanol–water partition coefficient (Wildman–Crippen LogP) is 5.33. The van der Waals surface area contributed by atoms with Crippen LogP contribution >= 0.6 is 24.0 Å². The average Bonchev–Trinajstić information content (AvgIpc) is 3.19. The molecule has 1 fully saturated rings. The molecule has 0 unspecified atom stereocenters. The number of guanidine groups is 1. The van der Waals surface area contributed by atoms with Crippen LogP contribution in [0.25, 0.3) is 0 Å². The minimum atomic E-state index is 0. The Balaban J connectivity index is 0.00000324. The van der Waals surface area contributed by atoms with Gasteiger partial charge in [0.1, 0.15) is 12.4 Å². The second kappa shape index (κ2) is 13.5. The van der Waals surface area contributed by atoms with E-state index >= 15 is 0 Å². The van der Waals surface area contributed by atoms with Crippen LogP contribution in [0.5, 0.6) is 0 Å². The van der Waals surface area contributed by atoms with E-state index in [4.69, 9.17) is 4.99 Å². The van der Waals surface area contributed by atoms with Crippen molar-refractivity contribution in [1.29, 1.82) is 0 Å². The number of aliphatic imine (C=N–C) groups is 1. The number of nitrogens with zero attached hydrogens (tertiary/aromatic N) is 4. The van der Waals surface area contributed by atoms with Crippen molar-refractivity contribution < 1.29 is 0 Å². The van der Waals surface area contributed by atoms with E-state index < -0.39 is 0 Å². The maximum Gasteiger partial charge on any atom is 0.191 e. The lowest BCUT2D eigenvalue weighted by Crippen LogP contribution is -2.44. The van der Waals surface area contributed by atoms with Crippen molar-refractivity contribution in [1.82, 2.24) is 25.4 Å². The van der Waals surface area contributed by atoms with Crippen molar-refractivity contribution in [2.75, 3.05) is 6.54 Å². The third-order valence-electron chi connectivity index (χ3n) is 6.64. The monoisotopic (exact) mass is 572 g/mol. The molecule has 6 nitrogen and oxygen atoms in total. The molecule has 4 rings (SSSR count). The molecule has 2 aromatic carbocycles. The quantitative estimate of drug-likeness (QED) is 0.218. The number of halogens is 1. The molecule has 7 heteroatoms. The van der Waals surface area contributed by atoms with Crippen LogP contribution in [0.4, 0.5) is 0 Å². The Labute approximate surface area is 220 Å². The van der Waals surface area contributed by atoms with Crippen molar-refractivity contribution in [2.45, 2.75) is 64.0 Å². The standard InChI is InChI=1S/C27H36N6.HI/c1-21-31-32-26(33(21)2)20-29-27(30-24-16-10-5-11-17-24)28-19-18-25(22-12-6-3-7-13-22)23-14-8-4-9-15-23;/h3-4,6-9,12-15,24-25H,5,10-11,16-20H2,1-2H3,(H2,28,29,30);1H. The maximum absolute atomic E-state index is 4.88. The summed E-state index contributed by atoms with van der Waals surface area (Å²) >= 11 is 0. The van der Waals surface area contributed by atoms with Crippen molar-refractivity contribution in [3.63, 3.8) is 0 Å². The Morgan fingerprint density at radius 1 is 0.971 bits per heavy atom. The number of rotatable bonds is 8. The molecule has 182 valence electrons. The molecule has 0 bridgehead atoms. The fraction of sp³-hybridized carbons (Fsp3) is 0.444. The number of aromatic nitrogens is 3. The Morgan fingerprint density at radius 3 is 2.15 bits per heavy atom. The fourth-order valence-corrected chi connectivity index (χ4v) is 4.56. The van der Waals surface area contributed by atoms with Gasteiger partial charge < -0.3 is 15.2 Å². The zero-order chi connectivity index (χ0) is 22.9. The topological polar surface area (TPSA) is 67.1 Å². The predicted molar refractivity (Wildman–Crippen MR) is 150 cm³/mol. The Morgan fingerprint density at radius 2 is 1.59 bits per heavy atom. The van der Waals surface area contributed by atoms with E-state index in [1.165, 1.54) is 43.2 Å². The molecular formula is C27H37IN6. The number of hydrogen-bond donors (Lipinski definition) is 2. The Hall–Kier alpha value is -2.42. The summed E-state index contributed by atoms with van der Waals surface area (Å²) in [6.07, 6.45) is 7.32. The lowest BCUT2D eigenvalue weighted by molar-refractivity contribution is 0.409. The molecule has 0 radical (unpaired) electrons. The number of aryl methyl sites for hydroxylation is 1. The minimum absolute atomic E-state index is 0. The minimum Gasteiger partial charge on any atom is -0.356 e. The van der Waals surface area contributed by atoms with Crippen LogP contribution in [0.3, 0.4) is 0 Å². The third-order valence-corrected chi connectivity index (χ3v) is 6.64. The van der Waals surface area contributed by atoms with Crippen molar-refractivity contribution in [3.05, 3.63) is 83.4 Å². The van der Waals surface area contributed by atoms with E-state index in [1.807, 2.05) is 18.5 Å². The summed E-state index contributed by atoms with van der Waals surface area (Å²) in [4.78, 5) is 4.88. The van der Waals surface area contributed by atoms with Crippen molar-refractivity contribution in [2.24, 2.45) is 12.0 Å². The molecule has 1 saturated carbocycles. The third kappa shape index (κ3) is 7.29. The summed E-state index contributed by atoms with van der Waals surface area (Å²) in [5.41, 5.74) is 2.69. The normalized spacial score (nSPS) is 14.6. The highest BCUT2D eigenvalue weighted by Crippen LogP contribution is 2.27. The van der Waals surface area contributed by atoms with Gasteiger partial charge in [0.2, 0.25) is 0 Å². The molecule has 0 saturated heterocycles. The summed E-state index contributed by atoms with van der Waals surface area (Å²) in [6, 6.07) is 22.1. The molecular weight excluding hydrogens is 535 g/mol. The first kappa shape index (κ1) is 26.2. The fourth-order valence-electron chi connectivity index (χ4n) is 4.56. The van der Waals surface area contributed by atoms with E-state index in [2.05, 4.69) is 81.5 Å². The average molecular weight is 573 g/mol. The zero-order valence-corrected chi connectivity index (χ0v) is 22.6. The van der Waals surface area contributed by atoms with Crippen LogP contribution in [0.2, 0.25) is 0 Å². The van der Waals surface area contributed by atoms with E-state index in [1.54, 1.807) is 0 Å². The van der Waals surface area contributed by atoms with Crippen molar-refractivity contribution >= 4 is 29.9 Å². The molecule has 2 N–H and O–H groups in total. The summed E-state index contributed by atoms with van der Waals surface area (Å²) in [5.74, 6) is 3.01. The van der Waals surface area contributed by atoms with Gasteiger partial charge in [0.25, 0.3) is 0 Å². The molecule has 0 aliphatic heterocycles. The highest BCUT2D eigenvalue weighted by molar-refractivity contribution is 14.0. The Bertz CT molecular complexity index is 973. The van der Waals surface area contributed by atoms with Crippen LogP contribution < -0.4 is 10.6 Å². The van der Waals surface area contributed by atoms with E-state index in [0.29, 0.717) is 18.5 Å². The second-order valence-corrected chi connectivity index (χ2v) is 8.96. The molecule has 1 aromatic heterocycles. The first-order chi connectivity index (χ1) is 16.2. The first-order valence-electron chi connectivity index (χ1n) is 12.2. The molecule has 1 heterocycles. The lowest BCUT2D eigenvalue weighted by atomic mass is 9.88. The van der Waals surface area contributed by atoms with E-state index in [9.17, 15) is 0 Å². The molecule has 0 amide bonds. The number of hydrogen-bond acceptors (Lipinski definition) is 3. The summed E-state index contributed by atoms with van der Waals surface area (Å²) < 4.78 is 2.00. The Kier molecular flexibility index (Phi) is 10.4. The van der Waals surface area contributed by atoms with Gasteiger partial charge in [0.15, 0.2) is 11.8 Å². The van der Waals surface area contributed by atoms with Gasteiger partial charge in [-0.2, -0.15) is 0 Å². The van der Waals surface area contributed by atoms with Crippen molar-refractivity contribution in [3.8, 4) is 0 Å². The van der Waals surface area contributed by atoms with Gasteiger partial charge in [0.05, 0.1) is 0 Å². The van der Waals surface area contributed by atoms with Crippen LogP contribution in [-0.4, -0.2) is 33.3 Å². The SMILES string of the molecule is Cc1nnc(CN=C(NCCC(c2ccccc2)c2ccccc2)NC2CCCCC2)n1C.I. The largest absolute Gasteiger partial charge is 0.356 e. The van der Waals surface area contributed by atoms with Gasteiger partial charge in [-0.15, -0.1) is 34.2 Å². The van der Waals surface area contributed by atoms with Gasteiger partial charge in [-0.05, 0) is 37.3 Å². The molecule has 34 heavy (non-hydrogen) atoms. The summed E-state index contributed by atoms with van der Waals surface area (Å²) in [6.45, 7) is 3.32. The number of nitrogens with one attached hydrogen (secondary N) is 2. The highest BCUT2D eigenvalue weighted by Gasteiger charge is 2.17. The molecule has 0 spiro atoms. The smallest absolute Gasteiger partial charge is 0.191 e. The molecule has 3 aromatic rings. The molecule has 1 aliphatic rings. The van der Waals surface area contributed by atoms with E-state index in [-0.39, 0.29) is 24.0 Å². The van der Waals surface area contributed by atoms with Gasteiger partial charge in [-0.1, -0.05) is 79.9 Å². The number of benzene rings is 2. The van der Waals surface area contributed by atoms with Gasteiger partial charge in [-0.25, -0.2) is 4.99 Å². The van der Waals surface area contributed by atoms with Gasteiger partial charge >= 0.3 is 0 Å². The summed E-state index contributed by atoms with van der Waals surface area (Å²) in [7, 11) is 1.99. The summed E-state index contributed by atoms with van der Waals surface area (Å²) in [5, 5.41) is 15.7. The zero-order valence-electron chi connectivity index (χ0n) is 20.3. The highest BCUT2D eigenvalue weighted by atomic mass is 127. The van der Waals surface area contributed by atoms with Crippen LogP contribution in [0, 0.1) is 6.92 Å². The maximum atomic E-state index is 4.88. The van der Waals surface area contributed by atoms with E-state index in [0.717, 1.165) is 30.6 Å². The molecule has 1 aliphatic carbocycles. The molecule has 0 atom stereocenters. The van der Waals surface area contributed by atoms with Gasteiger partial charge in [0, 0.05) is 25.6 Å². The van der Waals surface area contributed by atoms with Gasteiger partial charge in [-0.3, -0.25) is 0 Å².